The van der Waals surface area contributed by atoms with Crippen molar-refractivity contribution < 1.29 is 14.0 Å². The fourth-order valence-electron chi connectivity index (χ4n) is 1.95. The summed E-state index contributed by atoms with van der Waals surface area (Å²) < 4.78 is 15.8. The summed E-state index contributed by atoms with van der Waals surface area (Å²) in [5, 5.41) is 2.21. The molecule has 2 aromatic rings. The SMILES string of the molecule is CC(C)(C)c1ccc(C(=O)NC(=O)NSc2ccccc2F)cc1. The van der Waals surface area contributed by atoms with Crippen LogP contribution in [0.15, 0.2) is 53.4 Å². The fraction of sp³-hybridized carbons (Fsp3) is 0.222. The second kappa shape index (κ2) is 7.49. The number of nitrogens with one attached hydrogen (secondary N) is 2. The van der Waals surface area contributed by atoms with Gasteiger partial charge in [0, 0.05) is 5.56 Å². The van der Waals surface area contributed by atoms with E-state index in [4.69, 9.17) is 0 Å². The largest absolute Gasteiger partial charge is 0.331 e. The molecule has 0 aliphatic rings. The van der Waals surface area contributed by atoms with Crippen LogP contribution in [0.2, 0.25) is 0 Å². The van der Waals surface area contributed by atoms with Crippen LogP contribution in [0.4, 0.5) is 9.18 Å². The van der Waals surface area contributed by atoms with Gasteiger partial charge in [0.25, 0.3) is 5.91 Å². The van der Waals surface area contributed by atoms with Crippen molar-refractivity contribution in [2.45, 2.75) is 31.1 Å². The van der Waals surface area contributed by atoms with Gasteiger partial charge < -0.3 is 0 Å². The van der Waals surface area contributed by atoms with Crippen molar-refractivity contribution in [1.29, 1.82) is 0 Å². The van der Waals surface area contributed by atoms with Crippen LogP contribution < -0.4 is 10.0 Å². The van der Waals surface area contributed by atoms with E-state index < -0.39 is 17.8 Å². The second-order valence-corrected chi connectivity index (χ2v) is 7.09. The van der Waals surface area contributed by atoms with E-state index in [9.17, 15) is 14.0 Å². The van der Waals surface area contributed by atoms with Gasteiger partial charge in [-0.25, -0.2) is 9.18 Å². The number of urea groups is 1. The van der Waals surface area contributed by atoms with Crippen LogP contribution >= 0.6 is 11.9 Å². The number of rotatable bonds is 3. The van der Waals surface area contributed by atoms with Gasteiger partial charge >= 0.3 is 6.03 Å². The number of carbonyl (C=O) groups excluding carboxylic acids is 2. The number of imide groups is 1. The normalized spacial score (nSPS) is 11.0. The smallest absolute Gasteiger partial charge is 0.277 e. The zero-order valence-electron chi connectivity index (χ0n) is 13.7. The van der Waals surface area contributed by atoms with Crippen LogP contribution in [0.1, 0.15) is 36.7 Å². The van der Waals surface area contributed by atoms with E-state index >= 15 is 0 Å². The van der Waals surface area contributed by atoms with Crippen molar-refractivity contribution in [3.63, 3.8) is 0 Å². The minimum absolute atomic E-state index is 0.0111. The average Bonchev–Trinajstić information content (AvgIpc) is 2.53. The molecule has 0 saturated carbocycles. The number of benzene rings is 2. The van der Waals surface area contributed by atoms with Crippen LogP contribution in [0.5, 0.6) is 0 Å². The first-order chi connectivity index (χ1) is 11.3. The summed E-state index contributed by atoms with van der Waals surface area (Å²) in [6.45, 7) is 6.24. The predicted molar refractivity (Wildman–Crippen MR) is 93.4 cm³/mol. The van der Waals surface area contributed by atoms with E-state index in [1.807, 2.05) is 12.1 Å². The number of hydrogen-bond donors (Lipinski definition) is 2. The fourth-order valence-corrected chi connectivity index (χ4v) is 2.52. The molecular formula is C18H19FN2O2S. The Labute approximate surface area is 145 Å². The Morgan fingerprint density at radius 2 is 1.62 bits per heavy atom. The van der Waals surface area contributed by atoms with Gasteiger partial charge in [0.1, 0.15) is 5.82 Å². The summed E-state index contributed by atoms with van der Waals surface area (Å²) in [4.78, 5) is 24.1. The van der Waals surface area contributed by atoms with Crippen LogP contribution in [-0.2, 0) is 5.41 Å². The topological polar surface area (TPSA) is 58.2 Å². The molecule has 0 atom stereocenters. The molecule has 4 nitrogen and oxygen atoms in total. The lowest BCUT2D eigenvalue weighted by atomic mass is 9.87. The maximum atomic E-state index is 13.4. The quantitative estimate of drug-likeness (QED) is 0.816. The van der Waals surface area contributed by atoms with E-state index in [1.165, 1.54) is 12.1 Å². The summed E-state index contributed by atoms with van der Waals surface area (Å²) in [5.74, 6) is -0.950. The number of amides is 3. The lowest BCUT2D eigenvalue weighted by Crippen LogP contribution is -2.36. The Balaban J connectivity index is 1.92. The molecule has 2 rings (SSSR count). The highest BCUT2D eigenvalue weighted by molar-refractivity contribution is 7.98. The summed E-state index contributed by atoms with van der Waals surface area (Å²) in [6.07, 6.45) is 0. The Hall–Kier alpha value is -2.34. The maximum Gasteiger partial charge on any atom is 0.331 e. The van der Waals surface area contributed by atoms with Crippen molar-refractivity contribution in [1.82, 2.24) is 10.0 Å². The molecule has 0 saturated heterocycles. The van der Waals surface area contributed by atoms with Crippen LogP contribution in [-0.4, -0.2) is 11.9 Å². The molecule has 2 aromatic carbocycles. The third-order valence-electron chi connectivity index (χ3n) is 3.33. The van der Waals surface area contributed by atoms with Crippen molar-refractivity contribution in [3.8, 4) is 0 Å². The van der Waals surface area contributed by atoms with Crippen molar-refractivity contribution in [2.75, 3.05) is 0 Å². The van der Waals surface area contributed by atoms with Crippen LogP contribution in [0.25, 0.3) is 0 Å². The molecule has 6 heteroatoms. The lowest BCUT2D eigenvalue weighted by Gasteiger charge is -2.19. The monoisotopic (exact) mass is 346 g/mol. The molecule has 0 aliphatic heterocycles. The van der Waals surface area contributed by atoms with Crippen molar-refractivity contribution in [2.24, 2.45) is 0 Å². The number of halogens is 1. The Kier molecular flexibility index (Phi) is 5.62. The molecule has 0 bridgehead atoms. The molecular weight excluding hydrogens is 327 g/mol. The van der Waals surface area contributed by atoms with Gasteiger partial charge in [-0.05, 0) is 47.2 Å². The molecule has 0 fully saturated rings. The van der Waals surface area contributed by atoms with Gasteiger partial charge in [0.2, 0.25) is 0 Å². The van der Waals surface area contributed by atoms with Gasteiger partial charge in [0.15, 0.2) is 0 Å². The molecule has 0 heterocycles. The standard InChI is InChI=1S/C18H19FN2O2S/c1-18(2,3)13-10-8-12(9-11-13)16(22)20-17(23)21-24-15-7-5-4-6-14(15)19/h4-11H,1-3H3,(H2,20,21,22,23). The second-order valence-electron chi connectivity index (χ2n) is 6.25. The number of hydrogen-bond acceptors (Lipinski definition) is 3. The highest BCUT2D eigenvalue weighted by Gasteiger charge is 2.15. The van der Waals surface area contributed by atoms with E-state index in [0.717, 1.165) is 17.5 Å². The highest BCUT2D eigenvalue weighted by atomic mass is 32.2. The molecule has 0 radical (unpaired) electrons. The van der Waals surface area contributed by atoms with Gasteiger partial charge in [-0.2, -0.15) is 0 Å². The summed E-state index contributed by atoms with van der Waals surface area (Å²) in [6, 6.07) is 12.4. The summed E-state index contributed by atoms with van der Waals surface area (Å²) in [7, 11) is 0. The van der Waals surface area contributed by atoms with Crippen molar-refractivity contribution >= 4 is 23.9 Å². The maximum absolute atomic E-state index is 13.4. The lowest BCUT2D eigenvalue weighted by molar-refractivity contribution is 0.0965. The average molecular weight is 346 g/mol. The molecule has 0 aromatic heterocycles. The van der Waals surface area contributed by atoms with Gasteiger partial charge in [0.05, 0.1) is 4.90 Å². The molecule has 3 amide bonds. The van der Waals surface area contributed by atoms with E-state index in [2.05, 4.69) is 30.8 Å². The first kappa shape index (κ1) is 18.0. The molecule has 0 spiro atoms. The molecule has 126 valence electrons. The Morgan fingerprint density at radius 3 is 2.21 bits per heavy atom. The Morgan fingerprint density at radius 1 is 1.00 bits per heavy atom. The van der Waals surface area contributed by atoms with Crippen LogP contribution in [0.3, 0.4) is 0 Å². The molecule has 24 heavy (non-hydrogen) atoms. The van der Waals surface area contributed by atoms with E-state index in [1.54, 1.807) is 24.3 Å². The Bertz CT molecular complexity index is 739. The predicted octanol–water partition coefficient (Wildman–Crippen LogP) is 4.27. The minimum atomic E-state index is -0.701. The van der Waals surface area contributed by atoms with Crippen molar-refractivity contribution in [3.05, 3.63) is 65.5 Å². The molecule has 2 N–H and O–H groups in total. The summed E-state index contributed by atoms with van der Waals surface area (Å²) >= 11 is 0.809. The zero-order chi connectivity index (χ0) is 17.7. The highest BCUT2D eigenvalue weighted by Crippen LogP contribution is 2.22. The number of carbonyl (C=O) groups is 2. The van der Waals surface area contributed by atoms with Gasteiger partial charge in [-0.15, -0.1) is 0 Å². The summed E-state index contributed by atoms with van der Waals surface area (Å²) in [5.41, 5.74) is 1.47. The minimum Gasteiger partial charge on any atom is -0.277 e. The van der Waals surface area contributed by atoms with Crippen LogP contribution in [0, 0.1) is 5.82 Å². The third-order valence-corrected chi connectivity index (χ3v) is 4.17. The molecule has 0 unspecified atom stereocenters. The van der Waals surface area contributed by atoms with Gasteiger partial charge in [-0.1, -0.05) is 45.0 Å². The zero-order valence-corrected chi connectivity index (χ0v) is 14.5. The molecule has 0 aliphatic carbocycles. The first-order valence-electron chi connectivity index (χ1n) is 7.40. The van der Waals surface area contributed by atoms with E-state index in [0.29, 0.717) is 5.56 Å². The third kappa shape index (κ3) is 4.83. The first-order valence-corrected chi connectivity index (χ1v) is 8.22. The van der Waals surface area contributed by atoms with E-state index in [-0.39, 0.29) is 10.3 Å². The van der Waals surface area contributed by atoms with Gasteiger partial charge in [-0.3, -0.25) is 14.8 Å².